The maximum Gasteiger partial charge on any atom is 0.270 e. The van der Waals surface area contributed by atoms with Crippen LogP contribution in [0.1, 0.15) is 0 Å². The van der Waals surface area contributed by atoms with Crippen molar-refractivity contribution < 1.29 is 4.92 Å². The van der Waals surface area contributed by atoms with Crippen molar-refractivity contribution in [3.8, 4) is 0 Å². The van der Waals surface area contributed by atoms with Gasteiger partial charge in [-0.3, -0.25) is 14.9 Å². The number of nitrogens with one attached hydrogen (secondary N) is 1. The number of H-pyrrole nitrogens is 1. The van der Waals surface area contributed by atoms with Crippen LogP contribution in [0.25, 0.3) is 10.8 Å². The molecule has 2 rings (SSSR count). The first-order valence-electron chi connectivity index (χ1n) is 4.05. The molecule has 0 saturated heterocycles. The van der Waals surface area contributed by atoms with Crippen LogP contribution in [0, 0.1) is 10.1 Å². The molecule has 0 aliphatic rings. The van der Waals surface area contributed by atoms with E-state index < -0.39 is 4.92 Å². The third-order valence-electron chi connectivity index (χ3n) is 2.05. The molecular weight excluding hydrogens is 264 g/mol. The van der Waals surface area contributed by atoms with E-state index >= 15 is 0 Å². The normalized spacial score (nSPS) is 10.5. The van der Waals surface area contributed by atoms with Crippen LogP contribution in [0.4, 0.5) is 5.69 Å². The monoisotopic (exact) mass is 268 g/mol. The molecule has 6 heteroatoms. The van der Waals surface area contributed by atoms with Gasteiger partial charge in [-0.2, -0.15) is 0 Å². The van der Waals surface area contributed by atoms with Gasteiger partial charge in [-0.1, -0.05) is 0 Å². The minimum Gasteiger partial charge on any atom is -0.327 e. The van der Waals surface area contributed by atoms with E-state index in [1.165, 1.54) is 24.4 Å². The van der Waals surface area contributed by atoms with Gasteiger partial charge < -0.3 is 4.98 Å². The van der Waals surface area contributed by atoms with Crippen molar-refractivity contribution in [3.05, 3.63) is 49.3 Å². The van der Waals surface area contributed by atoms with Gasteiger partial charge in [0.1, 0.15) is 0 Å². The van der Waals surface area contributed by atoms with Crippen LogP contribution in [0.2, 0.25) is 0 Å². The Kier molecular flexibility index (Phi) is 2.28. The van der Waals surface area contributed by atoms with Gasteiger partial charge >= 0.3 is 0 Å². The molecule has 0 spiro atoms. The van der Waals surface area contributed by atoms with E-state index in [0.717, 1.165) is 0 Å². The smallest absolute Gasteiger partial charge is 0.270 e. The summed E-state index contributed by atoms with van der Waals surface area (Å²) in [5.74, 6) is 0. The Hall–Kier alpha value is -1.69. The summed E-state index contributed by atoms with van der Waals surface area (Å²) in [6.45, 7) is 0. The van der Waals surface area contributed by atoms with Crippen molar-refractivity contribution in [3.63, 3.8) is 0 Å². The molecule has 0 radical (unpaired) electrons. The second-order valence-electron chi connectivity index (χ2n) is 2.95. The number of nitro benzene ring substituents is 1. The molecule has 1 N–H and O–H groups in total. The molecule has 1 aromatic carbocycles. The van der Waals surface area contributed by atoms with Gasteiger partial charge in [0.15, 0.2) is 0 Å². The fraction of sp³-hybridized carbons (Fsp3) is 0. The maximum absolute atomic E-state index is 11.4. The first-order valence-corrected chi connectivity index (χ1v) is 4.84. The number of non-ortho nitro benzene ring substituents is 1. The van der Waals surface area contributed by atoms with Gasteiger partial charge in [-0.05, 0) is 22.0 Å². The lowest BCUT2D eigenvalue weighted by Crippen LogP contribution is -2.05. The van der Waals surface area contributed by atoms with Crippen LogP contribution in [0.3, 0.4) is 0 Å². The van der Waals surface area contributed by atoms with Crippen molar-refractivity contribution in [2.24, 2.45) is 0 Å². The molecule has 1 heterocycles. The Morgan fingerprint density at radius 2 is 2.07 bits per heavy atom. The number of hydrogen-bond donors (Lipinski definition) is 1. The van der Waals surface area contributed by atoms with Gasteiger partial charge in [0.2, 0.25) is 0 Å². The summed E-state index contributed by atoms with van der Waals surface area (Å²) in [7, 11) is 0. The SMILES string of the molecule is O=c1[nH]cc(Br)c2cc([N+](=O)[O-])ccc12. The molecule has 76 valence electrons. The molecule has 0 saturated carbocycles. The number of hydrogen-bond acceptors (Lipinski definition) is 3. The van der Waals surface area contributed by atoms with Crippen molar-refractivity contribution in [2.45, 2.75) is 0 Å². The van der Waals surface area contributed by atoms with Crippen LogP contribution in [0.5, 0.6) is 0 Å². The van der Waals surface area contributed by atoms with Gasteiger partial charge in [-0.15, -0.1) is 0 Å². The summed E-state index contributed by atoms with van der Waals surface area (Å²) >= 11 is 3.22. The summed E-state index contributed by atoms with van der Waals surface area (Å²) in [6, 6.07) is 4.12. The highest BCUT2D eigenvalue weighted by Crippen LogP contribution is 2.24. The van der Waals surface area contributed by atoms with Gasteiger partial charge in [0.05, 0.1) is 4.92 Å². The second-order valence-corrected chi connectivity index (χ2v) is 3.81. The van der Waals surface area contributed by atoms with Crippen LogP contribution in [-0.2, 0) is 0 Å². The Morgan fingerprint density at radius 1 is 1.33 bits per heavy atom. The number of halogens is 1. The van der Waals surface area contributed by atoms with E-state index in [0.29, 0.717) is 15.2 Å². The number of aromatic amines is 1. The number of nitro groups is 1. The van der Waals surface area contributed by atoms with Gasteiger partial charge in [0, 0.05) is 33.6 Å². The highest BCUT2D eigenvalue weighted by atomic mass is 79.9. The summed E-state index contributed by atoms with van der Waals surface area (Å²) in [5, 5.41) is 11.5. The fourth-order valence-corrected chi connectivity index (χ4v) is 1.77. The first-order chi connectivity index (χ1) is 7.09. The van der Waals surface area contributed by atoms with E-state index in [9.17, 15) is 14.9 Å². The second kappa shape index (κ2) is 3.47. The topological polar surface area (TPSA) is 76.0 Å². The summed E-state index contributed by atoms with van der Waals surface area (Å²) in [6.07, 6.45) is 1.47. The van der Waals surface area contributed by atoms with E-state index in [4.69, 9.17) is 0 Å². The molecule has 15 heavy (non-hydrogen) atoms. The van der Waals surface area contributed by atoms with Crippen LogP contribution < -0.4 is 5.56 Å². The number of aromatic nitrogens is 1. The number of rotatable bonds is 1. The lowest BCUT2D eigenvalue weighted by atomic mass is 10.1. The first kappa shape index (κ1) is 9.85. The molecule has 0 bridgehead atoms. The predicted octanol–water partition coefficient (Wildman–Crippen LogP) is 2.20. The Bertz CT molecular complexity index is 606. The lowest BCUT2D eigenvalue weighted by Gasteiger charge is -1.99. The van der Waals surface area contributed by atoms with Crippen molar-refractivity contribution in [1.82, 2.24) is 4.98 Å². The average Bonchev–Trinajstić information content (AvgIpc) is 2.23. The lowest BCUT2D eigenvalue weighted by molar-refractivity contribution is -0.384. The third-order valence-corrected chi connectivity index (χ3v) is 2.70. The molecule has 0 aliphatic heterocycles. The zero-order chi connectivity index (χ0) is 11.0. The Labute approximate surface area is 92.0 Å². The molecular formula is C9H5BrN2O3. The van der Waals surface area contributed by atoms with E-state index in [1.807, 2.05) is 0 Å². The zero-order valence-electron chi connectivity index (χ0n) is 7.36. The van der Waals surface area contributed by atoms with Gasteiger partial charge in [0.25, 0.3) is 11.2 Å². The van der Waals surface area contributed by atoms with Crippen molar-refractivity contribution in [1.29, 1.82) is 0 Å². The van der Waals surface area contributed by atoms with Crippen molar-refractivity contribution in [2.75, 3.05) is 0 Å². The average molecular weight is 269 g/mol. The molecule has 5 nitrogen and oxygen atoms in total. The summed E-state index contributed by atoms with van der Waals surface area (Å²) < 4.78 is 0.626. The number of benzene rings is 1. The maximum atomic E-state index is 11.4. The largest absolute Gasteiger partial charge is 0.327 e. The summed E-state index contributed by atoms with van der Waals surface area (Å²) in [4.78, 5) is 23.9. The van der Waals surface area contributed by atoms with Gasteiger partial charge in [-0.25, -0.2) is 0 Å². The van der Waals surface area contributed by atoms with E-state index in [1.54, 1.807) is 0 Å². The minimum absolute atomic E-state index is 0.0335. The predicted molar refractivity (Wildman–Crippen MR) is 58.9 cm³/mol. The highest BCUT2D eigenvalue weighted by molar-refractivity contribution is 9.10. The Morgan fingerprint density at radius 3 is 2.73 bits per heavy atom. The summed E-state index contributed by atoms with van der Waals surface area (Å²) in [5.41, 5.74) is -0.295. The third kappa shape index (κ3) is 1.63. The van der Waals surface area contributed by atoms with E-state index in [-0.39, 0.29) is 11.2 Å². The Balaban J connectivity index is 2.87. The molecule has 1 aromatic heterocycles. The molecule has 0 fully saturated rings. The number of fused-ring (bicyclic) bond motifs is 1. The number of nitrogens with zero attached hydrogens (tertiary/aromatic N) is 1. The standard InChI is InChI=1S/C9H5BrN2O3/c10-8-4-11-9(13)6-2-1-5(12(14)15)3-7(6)8/h1-4H,(H,11,13). The van der Waals surface area contributed by atoms with Crippen LogP contribution >= 0.6 is 15.9 Å². The van der Waals surface area contributed by atoms with E-state index in [2.05, 4.69) is 20.9 Å². The molecule has 0 unspecified atom stereocenters. The number of pyridine rings is 1. The molecule has 2 aromatic rings. The molecule has 0 aliphatic carbocycles. The van der Waals surface area contributed by atoms with Crippen LogP contribution in [-0.4, -0.2) is 9.91 Å². The fourth-order valence-electron chi connectivity index (χ4n) is 1.33. The quantitative estimate of drug-likeness (QED) is 0.636. The van der Waals surface area contributed by atoms with Crippen molar-refractivity contribution >= 4 is 32.4 Å². The minimum atomic E-state index is -0.493. The van der Waals surface area contributed by atoms with Crippen LogP contribution in [0.15, 0.2) is 33.7 Å². The molecule has 0 amide bonds. The highest BCUT2D eigenvalue weighted by Gasteiger charge is 2.09. The molecule has 0 atom stereocenters. The zero-order valence-corrected chi connectivity index (χ0v) is 8.95.